The average molecular weight is 472 g/mol. The van der Waals surface area contributed by atoms with Crippen LogP contribution in [0.3, 0.4) is 0 Å². The van der Waals surface area contributed by atoms with Gasteiger partial charge in [-0.1, -0.05) is 25.0 Å². The molecule has 1 fully saturated rings. The highest BCUT2D eigenvalue weighted by Crippen LogP contribution is 2.29. The lowest BCUT2D eigenvalue weighted by molar-refractivity contribution is 0.100. The van der Waals surface area contributed by atoms with E-state index in [4.69, 9.17) is 11.5 Å². The zero-order chi connectivity index (χ0) is 24.4. The predicted octanol–water partition coefficient (Wildman–Crippen LogP) is 4.36. The fourth-order valence-corrected chi connectivity index (χ4v) is 4.46. The van der Waals surface area contributed by atoms with Crippen molar-refractivity contribution in [1.29, 1.82) is 0 Å². The number of rotatable bonds is 6. The monoisotopic (exact) mass is 471 g/mol. The normalized spacial score (nSPS) is 17.8. The zero-order valence-electron chi connectivity index (χ0n) is 19.0. The van der Waals surface area contributed by atoms with Gasteiger partial charge in [0.15, 0.2) is 11.6 Å². The van der Waals surface area contributed by atoms with E-state index >= 15 is 0 Å². The number of carbonyl (C=O) groups is 1. The summed E-state index contributed by atoms with van der Waals surface area (Å²) >= 11 is 0. The molecule has 2 unspecified atom stereocenters. The van der Waals surface area contributed by atoms with Gasteiger partial charge in [0.25, 0.3) is 5.91 Å². The quantitative estimate of drug-likeness (QED) is 0.329. The molecule has 0 bridgehead atoms. The third kappa shape index (κ3) is 4.90. The van der Waals surface area contributed by atoms with E-state index in [1.807, 2.05) is 36.5 Å². The summed E-state index contributed by atoms with van der Waals surface area (Å²) in [7, 11) is 0. The number of hydrogen-bond acceptors (Lipinski definition) is 7. The summed E-state index contributed by atoms with van der Waals surface area (Å²) in [5, 5.41) is 8.31. The van der Waals surface area contributed by atoms with E-state index in [2.05, 4.69) is 25.6 Å². The molecular weight excluding hydrogens is 445 g/mol. The maximum Gasteiger partial charge on any atom is 0.252 e. The van der Waals surface area contributed by atoms with E-state index in [-0.39, 0.29) is 29.3 Å². The number of hydrogen-bond donors (Lipinski definition) is 4. The summed E-state index contributed by atoms with van der Waals surface area (Å²) < 4.78 is 14.8. The summed E-state index contributed by atoms with van der Waals surface area (Å²) in [6, 6.07) is 10.8. The second-order valence-electron chi connectivity index (χ2n) is 8.80. The lowest BCUT2D eigenvalue weighted by Gasteiger charge is -2.30. The molecule has 1 aliphatic carbocycles. The molecule has 35 heavy (non-hydrogen) atoms. The van der Waals surface area contributed by atoms with Crippen molar-refractivity contribution in [2.24, 2.45) is 11.5 Å². The fourth-order valence-electron chi connectivity index (χ4n) is 4.46. The molecule has 1 aromatic carbocycles. The summed E-state index contributed by atoms with van der Waals surface area (Å²) in [6.45, 7) is 0. The van der Waals surface area contributed by atoms with E-state index in [9.17, 15) is 9.18 Å². The number of benzene rings is 1. The van der Waals surface area contributed by atoms with Gasteiger partial charge in [-0.25, -0.2) is 9.37 Å². The van der Waals surface area contributed by atoms with Crippen LogP contribution in [0.5, 0.6) is 0 Å². The lowest BCUT2D eigenvalue weighted by Crippen LogP contribution is -2.43. The van der Waals surface area contributed by atoms with Crippen molar-refractivity contribution in [3.05, 3.63) is 72.6 Å². The van der Waals surface area contributed by atoms with E-state index < -0.39 is 11.7 Å². The number of nitrogens with one attached hydrogen (secondary N) is 2. The van der Waals surface area contributed by atoms with Gasteiger partial charge in [-0.15, -0.1) is 0 Å². The number of anilines is 3. The number of primary amides is 1. The summed E-state index contributed by atoms with van der Waals surface area (Å²) in [6.07, 6.45) is 10.7. The van der Waals surface area contributed by atoms with Gasteiger partial charge in [-0.2, -0.15) is 0 Å². The summed E-state index contributed by atoms with van der Waals surface area (Å²) in [5.74, 6) is -1.26. The van der Waals surface area contributed by atoms with Crippen molar-refractivity contribution >= 4 is 34.0 Å². The number of fused-ring (bicyclic) bond motifs is 1. The van der Waals surface area contributed by atoms with Crippen molar-refractivity contribution in [2.45, 2.75) is 37.8 Å². The van der Waals surface area contributed by atoms with Gasteiger partial charge in [0.1, 0.15) is 5.82 Å². The molecule has 0 saturated heterocycles. The molecule has 9 heteroatoms. The van der Waals surface area contributed by atoms with Crippen LogP contribution < -0.4 is 22.1 Å². The molecule has 1 aliphatic rings. The molecule has 178 valence electrons. The van der Waals surface area contributed by atoms with Crippen molar-refractivity contribution in [3.8, 4) is 11.1 Å². The highest BCUT2D eigenvalue weighted by atomic mass is 19.1. The molecule has 2 atom stereocenters. The number of halogens is 1. The van der Waals surface area contributed by atoms with Crippen LogP contribution >= 0.6 is 0 Å². The number of carbonyl (C=O) groups excluding carboxylic acids is 1. The Labute approximate surface area is 202 Å². The van der Waals surface area contributed by atoms with Gasteiger partial charge >= 0.3 is 0 Å². The van der Waals surface area contributed by atoms with Crippen LogP contribution in [0.15, 0.2) is 61.2 Å². The van der Waals surface area contributed by atoms with E-state index in [0.717, 1.165) is 53.6 Å². The minimum absolute atomic E-state index is 0.0333. The van der Waals surface area contributed by atoms with Crippen LogP contribution in [0, 0.1) is 5.82 Å². The molecule has 0 aliphatic heterocycles. The van der Waals surface area contributed by atoms with Gasteiger partial charge in [0.05, 0.1) is 17.4 Å². The Kier molecular flexibility index (Phi) is 6.24. The fraction of sp³-hybridized carbons (Fsp3) is 0.231. The maximum atomic E-state index is 14.8. The first-order valence-corrected chi connectivity index (χ1v) is 11.6. The van der Waals surface area contributed by atoms with E-state index in [1.54, 1.807) is 18.6 Å². The van der Waals surface area contributed by atoms with E-state index in [1.165, 1.54) is 0 Å². The third-order valence-electron chi connectivity index (χ3n) is 6.36. The highest BCUT2D eigenvalue weighted by Gasteiger charge is 2.24. The highest BCUT2D eigenvalue weighted by molar-refractivity contribution is 5.98. The average Bonchev–Trinajstić information content (AvgIpc) is 2.87. The topological polar surface area (TPSA) is 132 Å². The molecule has 1 saturated carbocycles. The largest absolute Gasteiger partial charge is 0.365 e. The molecule has 4 aromatic rings. The van der Waals surface area contributed by atoms with Crippen molar-refractivity contribution in [2.75, 3.05) is 10.6 Å². The van der Waals surface area contributed by atoms with Crippen molar-refractivity contribution in [3.63, 3.8) is 0 Å². The third-order valence-corrected chi connectivity index (χ3v) is 6.36. The maximum absolute atomic E-state index is 14.8. The Balaban J connectivity index is 1.46. The van der Waals surface area contributed by atoms with Crippen LogP contribution in [0.4, 0.5) is 21.7 Å². The second kappa shape index (κ2) is 9.63. The smallest absolute Gasteiger partial charge is 0.252 e. The Hall–Kier alpha value is -4.11. The molecular formula is C26H26FN7O. The first-order valence-electron chi connectivity index (χ1n) is 11.6. The molecule has 6 N–H and O–H groups in total. The number of pyridine rings is 3. The van der Waals surface area contributed by atoms with E-state index in [0.29, 0.717) is 5.69 Å². The SMILES string of the molecule is NC(=O)c1cc(F)c(NC2CCCCC2N)nc1Nc1cncc(-c2ccc3ccncc3c2)c1. The summed E-state index contributed by atoms with van der Waals surface area (Å²) in [4.78, 5) is 24.9. The zero-order valence-corrected chi connectivity index (χ0v) is 19.0. The minimum atomic E-state index is -0.786. The Morgan fingerprint density at radius 2 is 1.80 bits per heavy atom. The Bertz CT molecular complexity index is 1390. The standard InChI is InChI=1S/C26H26FN7O/c27-21-11-20(24(29)35)25(34-26(21)33-23-4-2-1-3-22(23)28)32-19-10-18(13-31-14-19)16-6-5-15-7-8-30-12-17(15)9-16/h5-14,22-23H,1-4,28H2,(H2,29,35)(H2,32,33,34). The molecule has 8 nitrogen and oxygen atoms in total. The molecule has 1 amide bonds. The molecule has 5 rings (SSSR count). The number of nitrogens with zero attached hydrogens (tertiary/aromatic N) is 3. The first-order chi connectivity index (χ1) is 17.0. The van der Waals surface area contributed by atoms with Crippen molar-refractivity contribution < 1.29 is 9.18 Å². The molecule has 0 radical (unpaired) electrons. The molecule has 3 heterocycles. The minimum Gasteiger partial charge on any atom is -0.365 e. The number of amides is 1. The van der Waals surface area contributed by atoms with Crippen LogP contribution in [0.25, 0.3) is 21.9 Å². The summed E-state index contributed by atoms with van der Waals surface area (Å²) in [5.41, 5.74) is 14.1. The lowest BCUT2D eigenvalue weighted by atomic mass is 9.91. The Morgan fingerprint density at radius 3 is 2.63 bits per heavy atom. The molecule has 3 aromatic heterocycles. The number of nitrogens with two attached hydrogens (primary N) is 2. The van der Waals surface area contributed by atoms with Crippen LogP contribution in [-0.4, -0.2) is 32.9 Å². The molecule has 0 spiro atoms. The van der Waals surface area contributed by atoms with Gasteiger partial charge in [-0.05, 0) is 48.1 Å². The second-order valence-corrected chi connectivity index (χ2v) is 8.80. The van der Waals surface area contributed by atoms with Crippen LogP contribution in [-0.2, 0) is 0 Å². The van der Waals surface area contributed by atoms with Gasteiger partial charge in [-0.3, -0.25) is 14.8 Å². The van der Waals surface area contributed by atoms with Crippen LogP contribution in [0.2, 0.25) is 0 Å². The predicted molar refractivity (Wildman–Crippen MR) is 135 cm³/mol. The van der Waals surface area contributed by atoms with Crippen LogP contribution in [0.1, 0.15) is 36.0 Å². The van der Waals surface area contributed by atoms with Gasteiger partial charge in [0.2, 0.25) is 0 Å². The first kappa shape index (κ1) is 22.7. The van der Waals surface area contributed by atoms with Gasteiger partial charge < -0.3 is 22.1 Å². The Morgan fingerprint density at radius 1 is 0.943 bits per heavy atom. The van der Waals surface area contributed by atoms with Gasteiger partial charge in [0, 0.05) is 41.6 Å². The van der Waals surface area contributed by atoms with Crippen molar-refractivity contribution in [1.82, 2.24) is 15.0 Å². The number of aromatic nitrogens is 3.